The number of hydrogen-bond donors (Lipinski definition) is 1. The maximum Gasteiger partial charge on any atom is 0.306 e. The summed E-state index contributed by atoms with van der Waals surface area (Å²) in [6, 6.07) is 11.7. The van der Waals surface area contributed by atoms with E-state index in [1.54, 1.807) is 56.5 Å². The molecule has 0 spiro atoms. The Kier molecular flexibility index (Phi) is 10.2. The van der Waals surface area contributed by atoms with Gasteiger partial charge in [0.25, 0.3) is 5.91 Å². The number of rotatable bonds is 13. The Labute approximate surface area is 194 Å². The summed E-state index contributed by atoms with van der Waals surface area (Å²) in [5.41, 5.74) is 1.22. The SMILES string of the molecule is CCCOc1ccc(C(=O)CCC(=O)OCC(=O)NC(C)c2cc(OC)ccc2OC)cc1. The molecule has 0 aliphatic rings. The monoisotopic (exact) mass is 457 g/mol. The molecule has 8 nitrogen and oxygen atoms in total. The summed E-state index contributed by atoms with van der Waals surface area (Å²) in [7, 11) is 3.09. The smallest absolute Gasteiger partial charge is 0.306 e. The Hall–Kier alpha value is -3.55. The molecule has 0 aliphatic carbocycles. The van der Waals surface area contributed by atoms with E-state index in [0.717, 1.165) is 12.0 Å². The fourth-order valence-electron chi connectivity index (χ4n) is 3.07. The zero-order chi connectivity index (χ0) is 24.2. The van der Waals surface area contributed by atoms with Gasteiger partial charge in [-0.05, 0) is 55.8 Å². The molecule has 1 unspecified atom stereocenters. The molecule has 0 fully saturated rings. The summed E-state index contributed by atoms with van der Waals surface area (Å²) < 4.78 is 21.0. The lowest BCUT2D eigenvalue weighted by Gasteiger charge is -2.18. The van der Waals surface area contributed by atoms with Gasteiger partial charge >= 0.3 is 5.97 Å². The Bertz CT molecular complexity index is 940. The van der Waals surface area contributed by atoms with Crippen LogP contribution in [0.2, 0.25) is 0 Å². The van der Waals surface area contributed by atoms with Crippen LogP contribution in [0.4, 0.5) is 0 Å². The predicted octanol–water partition coefficient (Wildman–Crippen LogP) is 3.88. The van der Waals surface area contributed by atoms with Crippen molar-refractivity contribution < 1.29 is 33.3 Å². The van der Waals surface area contributed by atoms with Crippen LogP contribution in [-0.4, -0.2) is 45.1 Å². The van der Waals surface area contributed by atoms with Crippen LogP contribution in [0.5, 0.6) is 17.2 Å². The van der Waals surface area contributed by atoms with Crippen molar-refractivity contribution in [2.75, 3.05) is 27.4 Å². The van der Waals surface area contributed by atoms with Crippen molar-refractivity contribution in [2.24, 2.45) is 0 Å². The molecule has 0 saturated heterocycles. The Morgan fingerprint density at radius 1 is 0.939 bits per heavy atom. The molecule has 0 radical (unpaired) electrons. The van der Waals surface area contributed by atoms with Crippen molar-refractivity contribution in [3.05, 3.63) is 53.6 Å². The summed E-state index contributed by atoms with van der Waals surface area (Å²) in [6.45, 7) is 3.97. The minimum Gasteiger partial charge on any atom is -0.497 e. The molecule has 0 aliphatic heterocycles. The van der Waals surface area contributed by atoms with E-state index in [1.165, 1.54) is 7.11 Å². The number of ether oxygens (including phenoxy) is 4. The van der Waals surface area contributed by atoms with Gasteiger partial charge in [0.2, 0.25) is 0 Å². The molecular weight excluding hydrogens is 426 g/mol. The highest BCUT2D eigenvalue weighted by molar-refractivity contribution is 5.97. The fraction of sp³-hybridized carbons (Fsp3) is 0.400. The van der Waals surface area contributed by atoms with Gasteiger partial charge in [0.05, 0.1) is 33.3 Å². The predicted molar refractivity (Wildman–Crippen MR) is 123 cm³/mol. The van der Waals surface area contributed by atoms with Crippen molar-refractivity contribution >= 4 is 17.7 Å². The van der Waals surface area contributed by atoms with Crippen LogP contribution in [0.25, 0.3) is 0 Å². The topological polar surface area (TPSA) is 100 Å². The second-order valence-electron chi connectivity index (χ2n) is 7.35. The normalized spacial score (nSPS) is 11.3. The molecule has 1 N–H and O–H groups in total. The first-order chi connectivity index (χ1) is 15.9. The first-order valence-corrected chi connectivity index (χ1v) is 10.8. The molecular formula is C25H31NO7. The number of Topliss-reactive ketones (excluding diaryl/α,β-unsaturated/α-hetero) is 1. The number of ketones is 1. The molecule has 0 bridgehead atoms. The lowest BCUT2D eigenvalue weighted by atomic mass is 10.1. The maximum absolute atomic E-state index is 12.3. The summed E-state index contributed by atoms with van der Waals surface area (Å²) >= 11 is 0. The van der Waals surface area contributed by atoms with Crippen LogP contribution in [0.3, 0.4) is 0 Å². The molecule has 1 atom stereocenters. The number of hydrogen-bond acceptors (Lipinski definition) is 7. The van der Waals surface area contributed by atoms with Crippen molar-refractivity contribution in [3.8, 4) is 17.2 Å². The maximum atomic E-state index is 12.3. The number of methoxy groups -OCH3 is 2. The number of carbonyl (C=O) groups is 3. The van der Waals surface area contributed by atoms with E-state index < -0.39 is 24.5 Å². The van der Waals surface area contributed by atoms with Crippen LogP contribution >= 0.6 is 0 Å². The van der Waals surface area contributed by atoms with Gasteiger partial charge in [-0.15, -0.1) is 0 Å². The lowest BCUT2D eigenvalue weighted by Crippen LogP contribution is -2.31. The average molecular weight is 458 g/mol. The van der Waals surface area contributed by atoms with Crippen molar-refractivity contribution in [1.82, 2.24) is 5.32 Å². The number of carbonyl (C=O) groups excluding carboxylic acids is 3. The van der Waals surface area contributed by atoms with E-state index in [2.05, 4.69) is 5.32 Å². The molecule has 0 aromatic heterocycles. The van der Waals surface area contributed by atoms with Crippen LogP contribution < -0.4 is 19.5 Å². The molecule has 1 amide bonds. The molecule has 2 rings (SSSR count). The van der Waals surface area contributed by atoms with Gasteiger partial charge < -0.3 is 24.3 Å². The minimum absolute atomic E-state index is 0.00692. The van der Waals surface area contributed by atoms with Gasteiger partial charge in [0.15, 0.2) is 12.4 Å². The molecule has 8 heteroatoms. The van der Waals surface area contributed by atoms with Gasteiger partial charge in [-0.3, -0.25) is 14.4 Å². The van der Waals surface area contributed by atoms with E-state index in [4.69, 9.17) is 18.9 Å². The second-order valence-corrected chi connectivity index (χ2v) is 7.35. The van der Waals surface area contributed by atoms with Gasteiger partial charge in [-0.2, -0.15) is 0 Å². The Morgan fingerprint density at radius 3 is 2.27 bits per heavy atom. The Balaban J connectivity index is 1.78. The number of esters is 1. The number of amides is 1. The first-order valence-electron chi connectivity index (χ1n) is 10.8. The van der Waals surface area contributed by atoms with E-state index in [-0.39, 0.29) is 18.6 Å². The third-order valence-corrected chi connectivity index (χ3v) is 4.85. The molecule has 0 saturated carbocycles. The van der Waals surface area contributed by atoms with E-state index >= 15 is 0 Å². The van der Waals surface area contributed by atoms with E-state index in [9.17, 15) is 14.4 Å². The molecule has 178 valence electrons. The highest BCUT2D eigenvalue weighted by Gasteiger charge is 2.17. The zero-order valence-electron chi connectivity index (χ0n) is 19.5. The quantitative estimate of drug-likeness (QED) is 0.360. The van der Waals surface area contributed by atoms with Gasteiger partial charge in [0, 0.05) is 17.5 Å². The van der Waals surface area contributed by atoms with E-state index in [1.807, 2.05) is 6.92 Å². The first kappa shape index (κ1) is 25.7. The summed E-state index contributed by atoms with van der Waals surface area (Å²) in [5, 5.41) is 2.76. The average Bonchev–Trinajstić information content (AvgIpc) is 2.84. The van der Waals surface area contributed by atoms with Crippen LogP contribution in [-0.2, 0) is 14.3 Å². The van der Waals surface area contributed by atoms with Crippen LogP contribution in [0.1, 0.15) is 55.1 Å². The van der Waals surface area contributed by atoms with Gasteiger partial charge in [-0.1, -0.05) is 6.92 Å². The van der Waals surface area contributed by atoms with Crippen molar-refractivity contribution in [3.63, 3.8) is 0 Å². The van der Waals surface area contributed by atoms with Crippen molar-refractivity contribution in [2.45, 2.75) is 39.2 Å². The van der Waals surface area contributed by atoms with E-state index in [0.29, 0.717) is 29.4 Å². The summed E-state index contributed by atoms with van der Waals surface area (Å²) in [4.78, 5) is 36.5. The van der Waals surface area contributed by atoms with Crippen molar-refractivity contribution in [1.29, 1.82) is 0 Å². The second kappa shape index (κ2) is 13.1. The summed E-state index contributed by atoms with van der Waals surface area (Å²) in [5.74, 6) is 0.662. The molecule has 2 aromatic carbocycles. The fourth-order valence-corrected chi connectivity index (χ4v) is 3.07. The Morgan fingerprint density at radius 2 is 1.64 bits per heavy atom. The lowest BCUT2D eigenvalue weighted by molar-refractivity contribution is -0.148. The molecule has 2 aromatic rings. The highest BCUT2D eigenvalue weighted by atomic mass is 16.5. The van der Waals surface area contributed by atoms with Crippen LogP contribution in [0, 0.1) is 0 Å². The minimum atomic E-state index is -0.618. The zero-order valence-corrected chi connectivity index (χ0v) is 19.5. The number of benzene rings is 2. The third kappa shape index (κ3) is 8.14. The molecule has 0 heterocycles. The highest BCUT2D eigenvalue weighted by Crippen LogP contribution is 2.29. The van der Waals surface area contributed by atoms with Gasteiger partial charge in [0.1, 0.15) is 17.2 Å². The summed E-state index contributed by atoms with van der Waals surface area (Å²) in [6.07, 6.45) is 0.779. The molecule has 33 heavy (non-hydrogen) atoms. The third-order valence-electron chi connectivity index (χ3n) is 4.85. The largest absolute Gasteiger partial charge is 0.497 e. The standard InChI is InChI=1S/C25H31NO7/c1-5-14-32-19-8-6-18(7-9-19)22(27)11-13-25(29)33-16-24(28)26-17(2)21-15-20(30-3)10-12-23(21)31-4/h6-10,12,15,17H,5,11,13-14,16H2,1-4H3,(H,26,28). The number of nitrogens with one attached hydrogen (secondary N) is 1. The van der Waals surface area contributed by atoms with Gasteiger partial charge in [-0.25, -0.2) is 0 Å². The van der Waals surface area contributed by atoms with Crippen LogP contribution in [0.15, 0.2) is 42.5 Å².